The lowest BCUT2D eigenvalue weighted by Gasteiger charge is -2.06. The van der Waals surface area contributed by atoms with Gasteiger partial charge in [-0.15, -0.1) is 0 Å². The zero-order valence-electron chi connectivity index (χ0n) is 11.3. The fraction of sp³-hybridized carbons (Fsp3) is 0.267. The first kappa shape index (κ1) is 14.0. The molecule has 0 saturated carbocycles. The minimum atomic E-state index is -0.362. The van der Waals surface area contributed by atoms with Crippen LogP contribution in [0.25, 0.3) is 10.9 Å². The van der Waals surface area contributed by atoms with Gasteiger partial charge in [0.15, 0.2) is 0 Å². The number of para-hydroxylation sites is 1. The smallest absolute Gasteiger partial charge is 0.306 e. The van der Waals surface area contributed by atoms with Gasteiger partial charge in [0, 0.05) is 11.8 Å². The number of carbonyl (C=O) groups excluding carboxylic acids is 2. The van der Waals surface area contributed by atoms with Crippen molar-refractivity contribution in [1.29, 1.82) is 0 Å². The van der Waals surface area contributed by atoms with Gasteiger partial charge in [0.05, 0.1) is 30.4 Å². The molecule has 2 aromatic rings. The number of aromatic nitrogens is 1. The first-order valence-electron chi connectivity index (χ1n) is 6.49. The van der Waals surface area contributed by atoms with Crippen LogP contribution in [-0.2, 0) is 14.3 Å². The van der Waals surface area contributed by atoms with Crippen LogP contribution in [-0.4, -0.2) is 23.5 Å². The number of nitrogens with one attached hydrogen (secondary N) is 1. The Hall–Kier alpha value is -2.43. The molecule has 1 N–H and O–H groups in total. The summed E-state index contributed by atoms with van der Waals surface area (Å²) in [5.74, 6) is -0.588. The molecule has 0 fully saturated rings. The molecule has 20 heavy (non-hydrogen) atoms. The van der Waals surface area contributed by atoms with Crippen LogP contribution in [0.3, 0.4) is 0 Å². The Kier molecular flexibility index (Phi) is 4.65. The van der Waals surface area contributed by atoms with Crippen LogP contribution in [0.5, 0.6) is 0 Å². The number of ether oxygens (including phenoxy) is 1. The number of nitrogens with zero attached hydrogens (tertiary/aromatic N) is 1. The van der Waals surface area contributed by atoms with E-state index in [-0.39, 0.29) is 24.7 Å². The van der Waals surface area contributed by atoms with Crippen LogP contribution in [0, 0.1) is 0 Å². The molecule has 0 spiro atoms. The summed E-state index contributed by atoms with van der Waals surface area (Å²) in [6.45, 7) is 2.06. The van der Waals surface area contributed by atoms with Crippen LogP contribution in [0.1, 0.15) is 19.8 Å². The van der Waals surface area contributed by atoms with Gasteiger partial charge in [0.25, 0.3) is 0 Å². The van der Waals surface area contributed by atoms with Gasteiger partial charge >= 0.3 is 5.97 Å². The van der Waals surface area contributed by atoms with Crippen LogP contribution < -0.4 is 5.32 Å². The summed E-state index contributed by atoms with van der Waals surface area (Å²) in [6.07, 6.45) is 1.79. The van der Waals surface area contributed by atoms with Crippen molar-refractivity contribution in [1.82, 2.24) is 4.98 Å². The molecule has 0 atom stereocenters. The number of anilines is 1. The molecule has 0 saturated heterocycles. The van der Waals surface area contributed by atoms with Crippen molar-refractivity contribution in [2.24, 2.45) is 0 Å². The van der Waals surface area contributed by atoms with Crippen molar-refractivity contribution in [3.63, 3.8) is 0 Å². The third kappa shape index (κ3) is 3.78. The summed E-state index contributed by atoms with van der Waals surface area (Å²) in [7, 11) is 0. The maximum absolute atomic E-state index is 11.7. The number of fused-ring (bicyclic) bond motifs is 1. The lowest BCUT2D eigenvalue weighted by molar-refractivity contribution is -0.144. The molecule has 0 aliphatic heterocycles. The van der Waals surface area contributed by atoms with Crippen molar-refractivity contribution in [2.45, 2.75) is 19.8 Å². The van der Waals surface area contributed by atoms with E-state index in [2.05, 4.69) is 10.3 Å². The third-order valence-electron chi connectivity index (χ3n) is 2.74. The van der Waals surface area contributed by atoms with E-state index in [1.54, 1.807) is 13.1 Å². The number of benzene rings is 1. The van der Waals surface area contributed by atoms with Gasteiger partial charge in [0.2, 0.25) is 5.91 Å². The van der Waals surface area contributed by atoms with Crippen LogP contribution in [0.4, 0.5) is 5.69 Å². The summed E-state index contributed by atoms with van der Waals surface area (Å²) in [6, 6.07) is 9.51. The number of hydrogen-bond donors (Lipinski definition) is 1. The van der Waals surface area contributed by atoms with Gasteiger partial charge in [-0.3, -0.25) is 14.6 Å². The Labute approximate surface area is 117 Å². The SMILES string of the molecule is CCOC(=O)CCC(=O)Nc1cnc2ccccc2c1. The van der Waals surface area contributed by atoms with Crippen LogP contribution >= 0.6 is 0 Å². The Morgan fingerprint density at radius 3 is 2.85 bits per heavy atom. The van der Waals surface area contributed by atoms with Crippen molar-refractivity contribution < 1.29 is 14.3 Å². The average Bonchev–Trinajstić information content (AvgIpc) is 2.45. The van der Waals surface area contributed by atoms with E-state index in [0.717, 1.165) is 10.9 Å². The topological polar surface area (TPSA) is 68.3 Å². The van der Waals surface area contributed by atoms with Crippen molar-refractivity contribution in [3.05, 3.63) is 36.5 Å². The molecule has 104 valence electrons. The first-order valence-corrected chi connectivity index (χ1v) is 6.49. The van der Waals surface area contributed by atoms with Gasteiger partial charge in [-0.1, -0.05) is 18.2 Å². The number of pyridine rings is 1. The molecule has 1 heterocycles. The van der Waals surface area contributed by atoms with E-state index >= 15 is 0 Å². The minimum absolute atomic E-state index is 0.0840. The van der Waals surface area contributed by atoms with Crippen molar-refractivity contribution in [3.8, 4) is 0 Å². The molecule has 1 aromatic carbocycles. The summed E-state index contributed by atoms with van der Waals surface area (Å²) in [5, 5.41) is 3.68. The van der Waals surface area contributed by atoms with Gasteiger partial charge < -0.3 is 10.1 Å². The lowest BCUT2D eigenvalue weighted by Crippen LogP contribution is -2.14. The minimum Gasteiger partial charge on any atom is -0.466 e. The second kappa shape index (κ2) is 6.65. The maximum Gasteiger partial charge on any atom is 0.306 e. The molecule has 1 amide bonds. The summed E-state index contributed by atoms with van der Waals surface area (Å²) >= 11 is 0. The zero-order valence-corrected chi connectivity index (χ0v) is 11.3. The average molecular weight is 272 g/mol. The molecule has 0 aliphatic carbocycles. The highest BCUT2D eigenvalue weighted by Crippen LogP contribution is 2.16. The molecular formula is C15H16N2O3. The van der Waals surface area contributed by atoms with E-state index in [9.17, 15) is 9.59 Å². The van der Waals surface area contributed by atoms with Gasteiger partial charge in [0.1, 0.15) is 0 Å². The lowest BCUT2D eigenvalue weighted by atomic mass is 10.2. The van der Waals surface area contributed by atoms with Crippen LogP contribution in [0.2, 0.25) is 0 Å². The van der Waals surface area contributed by atoms with E-state index in [1.165, 1.54) is 0 Å². The van der Waals surface area contributed by atoms with Gasteiger partial charge in [-0.2, -0.15) is 0 Å². The molecule has 1 aromatic heterocycles. The molecule has 5 nitrogen and oxygen atoms in total. The number of hydrogen-bond acceptors (Lipinski definition) is 4. The van der Waals surface area contributed by atoms with Crippen molar-refractivity contribution >= 4 is 28.5 Å². The number of rotatable bonds is 5. The third-order valence-corrected chi connectivity index (χ3v) is 2.74. The van der Waals surface area contributed by atoms with Gasteiger partial charge in [-0.25, -0.2) is 0 Å². The largest absolute Gasteiger partial charge is 0.466 e. The summed E-state index contributed by atoms with van der Waals surface area (Å²) in [4.78, 5) is 27.1. The predicted molar refractivity (Wildman–Crippen MR) is 76.2 cm³/mol. The Bertz CT molecular complexity index is 625. The summed E-state index contributed by atoms with van der Waals surface area (Å²) < 4.78 is 4.77. The molecule has 0 bridgehead atoms. The van der Waals surface area contributed by atoms with E-state index in [0.29, 0.717) is 12.3 Å². The highest BCUT2D eigenvalue weighted by molar-refractivity contribution is 5.94. The monoisotopic (exact) mass is 272 g/mol. The number of carbonyl (C=O) groups is 2. The number of amides is 1. The second-order valence-electron chi connectivity index (χ2n) is 4.27. The molecule has 0 aliphatic rings. The maximum atomic E-state index is 11.7. The zero-order chi connectivity index (χ0) is 14.4. The second-order valence-corrected chi connectivity index (χ2v) is 4.27. The van der Waals surface area contributed by atoms with Crippen LogP contribution in [0.15, 0.2) is 36.5 Å². The molecule has 0 unspecified atom stereocenters. The quantitative estimate of drug-likeness (QED) is 0.849. The highest BCUT2D eigenvalue weighted by Gasteiger charge is 2.08. The highest BCUT2D eigenvalue weighted by atomic mass is 16.5. The first-order chi connectivity index (χ1) is 9.69. The summed E-state index contributed by atoms with van der Waals surface area (Å²) in [5.41, 5.74) is 1.49. The molecular weight excluding hydrogens is 256 g/mol. The molecule has 2 rings (SSSR count). The Balaban J connectivity index is 1.94. The van der Waals surface area contributed by atoms with Crippen molar-refractivity contribution in [2.75, 3.05) is 11.9 Å². The van der Waals surface area contributed by atoms with E-state index in [4.69, 9.17) is 4.74 Å². The predicted octanol–water partition coefficient (Wildman–Crippen LogP) is 2.52. The molecule has 5 heteroatoms. The van der Waals surface area contributed by atoms with E-state index in [1.807, 2.05) is 30.3 Å². The van der Waals surface area contributed by atoms with E-state index < -0.39 is 0 Å². The fourth-order valence-electron chi connectivity index (χ4n) is 1.81. The standard InChI is InChI=1S/C15H16N2O3/c1-2-20-15(19)8-7-14(18)17-12-9-11-5-3-4-6-13(11)16-10-12/h3-6,9-10H,2,7-8H2,1H3,(H,17,18). The number of esters is 1. The normalized spacial score (nSPS) is 10.2. The molecule has 0 radical (unpaired) electrons. The van der Waals surface area contributed by atoms with Gasteiger partial charge in [-0.05, 0) is 19.1 Å². The fourth-order valence-corrected chi connectivity index (χ4v) is 1.81. The Morgan fingerprint density at radius 1 is 1.25 bits per heavy atom. The Morgan fingerprint density at radius 2 is 2.05 bits per heavy atom.